The van der Waals surface area contributed by atoms with Crippen LogP contribution in [0.2, 0.25) is 0 Å². The van der Waals surface area contributed by atoms with Crippen LogP contribution in [-0.4, -0.2) is 43.3 Å². The van der Waals surface area contributed by atoms with Crippen molar-refractivity contribution >= 4 is 12.1 Å². The first kappa shape index (κ1) is 10.6. The molecule has 80 valence electrons. The molecule has 1 rings (SSSR count). The molecule has 4 amide bonds. The molecule has 6 heteroatoms. The van der Waals surface area contributed by atoms with Crippen LogP contribution in [0.25, 0.3) is 0 Å². The van der Waals surface area contributed by atoms with E-state index < -0.39 is 0 Å². The number of carbonyl (C=O) groups is 2. The Hall–Kier alpha value is -1.46. The van der Waals surface area contributed by atoms with Crippen LogP contribution in [0.3, 0.4) is 0 Å². The number of urea groups is 2. The van der Waals surface area contributed by atoms with Crippen molar-refractivity contribution in [3.63, 3.8) is 0 Å². The first-order valence-corrected chi connectivity index (χ1v) is 4.56. The van der Waals surface area contributed by atoms with E-state index in [9.17, 15) is 9.59 Å². The predicted molar refractivity (Wildman–Crippen MR) is 51.8 cm³/mol. The summed E-state index contributed by atoms with van der Waals surface area (Å²) in [6, 6.07) is -0.352. The second-order valence-electron chi connectivity index (χ2n) is 3.44. The monoisotopic (exact) mass is 200 g/mol. The van der Waals surface area contributed by atoms with Gasteiger partial charge in [-0.2, -0.15) is 0 Å². The van der Waals surface area contributed by atoms with E-state index in [1.54, 1.807) is 14.1 Å². The van der Waals surface area contributed by atoms with Crippen LogP contribution in [0, 0.1) is 0 Å². The number of hydrogen-bond acceptors (Lipinski definition) is 2. The van der Waals surface area contributed by atoms with E-state index in [0.29, 0.717) is 6.42 Å². The van der Waals surface area contributed by atoms with Gasteiger partial charge in [0.05, 0.1) is 0 Å². The highest BCUT2D eigenvalue weighted by Crippen LogP contribution is 2.09. The maximum absolute atomic E-state index is 11.3. The molecule has 1 aliphatic heterocycles. The molecule has 0 bridgehead atoms. The summed E-state index contributed by atoms with van der Waals surface area (Å²) in [5, 5.41) is 7.91. The molecule has 1 unspecified atom stereocenters. The van der Waals surface area contributed by atoms with E-state index in [1.165, 1.54) is 4.90 Å². The summed E-state index contributed by atoms with van der Waals surface area (Å²) in [5.74, 6) is 0. The molecule has 1 heterocycles. The van der Waals surface area contributed by atoms with E-state index in [4.69, 9.17) is 0 Å². The van der Waals surface area contributed by atoms with Gasteiger partial charge in [0, 0.05) is 26.6 Å². The molecule has 1 fully saturated rings. The van der Waals surface area contributed by atoms with Crippen molar-refractivity contribution in [1.82, 2.24) is 20.9 Å². The van der Waals surface area contributed by atoms with Crippen LogP contribution in [0.4, 0.5) is 9.59 Å². The fourth-order valence-electron chi connectivity index (χ4n) is 1.39. The zero-order chi connectivity index (χ0) is 10.7. The second kappa shape index (κ2) is 4.17. The van der Waals surface area contributed by atoms with Crippen molar-refractivity contribution in [1.29, 1.82) is 0 Å². The quantitative estimate of drug-likeness (QED) is 0.542. The Kier molecular flexibility index (Phi) is 3.16. The number of carbonyl (C=O) groups excluding carboxylic acids is 2. The van der Waals surface area contributed by atoms with Crippen molar-refractivity contribution in [3.8, 4) is 0 Å². The van der Waals surface area contributed by atoms with Gasteiger partial charge in [0.1, 0.15) is 6.17 Å². The second-order valence-corrected chi connectivity index (χ2v) is 3.44. The Morgan fingerprint density at radius 3 is 2.86 bits per heavy atom. The van der Waals surface area contributed by atoms with Crippen LogP contribution in [0.5, 0.6) is 0 Å². The molecule has 0 aliphatic carbocycles. The van der Waals surface area contributed by atoms with Crippen molar-refractivity contribution < 1.29 is 9.59 Å². The molecule has 0 aromatic heterocycles. The van der Waals surface area contributed by atoms with E-state index in [2.05, 4.69) is 16.0 Å². The highest BCUT2D eigenvalue weighted by molar-refractivity contribution is 5.78. The number of rotatable bonds is 1. The smallest absolute Gasteiger partial charge is 0.318 e. The Labute approximate surface area is 83.0 Å². The van der Waals surface area contributed by atoms with Gasteiger partial charge >= 0.3 is 12.1 Å². The van der Waals surface area contributed by atoms with Crippen LogP contribution >= 0.6 is 0 Å². The molecule has 0 aromatic rings. The molecule has 1 saturated heterocycles. The van der Waals surface area contributed by atoms with E-state index in [1.807, 2.05) is 6.92 Å². The van der Waals surface area contributed by atoms with Gasteiger partial charge in [-0.05, 0) is 6.92 Å². The third-order valence-electron chi connectivity index (χ3n) is 2.26. The fourth-order valence-corrected chi connectivity index (χ4v) is 1.39. The number of hydrogen-bond donors (Lipinski definition) is 3. The van der Waals surface area contributed by atoms with Gasteiger partial charge in [-0.3, -0.25) is 0 Å². The molecular formula is C8H16N4O2. The van der Waals surface area contributed by atoms with Gasteiger partial charge in [0.25, 0.3) is 0 Å². The van der Waals surface area contributed by atoms with E-state index >= 15 is 0 Å². The van der Waals surface area contributed by atoms with Crippen LogP contribution in [0.1, 0.15) is 13.3 Å². The van der Waals surface area contributed by atoms with Crippen LogP contribution < -0.4 is 16.0 Å². The lowest BCUT2D eigenvalue weighted by Crippen LogP contribution is -2.60. The van der Waals surface area contributed by atoms with Gasteiger partial charge < -0.3 is 20.9 Å². The molecule has 14 heavy (non-hydrogen) atoms. The van der Waals surface area contributed by atoms with Crippen LogP contribution in [0.15, 0.2) is 0 Å². The van der Waals surface area contributed by atoms with Gasteiger partial charge in [-0.1, -0.05) is 0 Å². The molecule has 0 aromatic carbocycles. The molecular weight excluding hydrogens is 184 g/mol. The Morgan fingerprint density at radius 1 is 1.64 bits per heavy atom. The average molecular weight is 200 g/mol. The van der Waals surface area contributed by atoms with Gasteiger partial charge in [-0.15, -0.1) is 0 Å². The molecule has 0 spiro atoms. The van der Waals surface area contributed by atoms with Gasteiger partial charge in [0.15, 0.2) is 0 Å². The van der Waals surface area contributed by atoms with Gasteiger partial charge in [0.2, 0.25) is 0 Å². The zero-order valence-electron chi connectivity index (χ0n) is 8.63. The number of nitrogens with one attached hydrogen (secondary N) is 3. The third-order valence-corrected chi connectivity index (χ3v) is 2.26. The number of nitrogens with zero attached hydrogens (tertiary/aromatic N) is 1. The summed E-state index contributed by atoms with van der Waals surface area (Å²) < 4.78 is 0. The highest BCUT2D eigenvalue weighted by Gasteiger charge is 2.29. The summed E-state index contributed by atoms with van der Waals surface area (Å²) >= 11 is 0. The van der Waals surface area contributed by atoms with Crippen molar-refractivity contribution in [3.05, 3.63) is 0 Å². The minimum absolute atomic E-state index is 0.0841. The minimum atomic E-state index is -0.274. The first-order valence-electron chi connectivity index (χ1n) is 4.56. The Bertz CT molecular complexity index is 243. The van der Waals surface area contributed by atoms with E-state index in [-0.39, 0.29) is 24.3 Å². The summed E-state index contributed by atoms with van der Waals surface area (Å²) in [6.07, 6.45) is 0.467. The molecule has 0 radical (unpaired) electrons. The fraction of sp³-hybridized carbons (Fsp3) is 0.750. The zero-order valence-corrected chi connectivity index (χ0v) is 8.63. The topological polar surface area (TPSA) is 73.5 Å². The molecule has 6 nitrogen and oxygen atoms in total. The number of amides is 4. The Balaban J connectivity index is 2.57. The Morgan fingerprint density at radius 2 is 2.29 bits per heavy atom. The normalized spacial score (nSPS) is 26.8. The lowest BCUT2D eigenvalue weighted by Gasteiger charge is -2.36. The summed E-state index contributed by atoms with van der Waals surface area (Å²) in [4.78, 5) is 23.9. The summed E-state index contributed by atoms with van der Waals surface area (Å²) in [5.41, 5.74) is 0. The first-order chi connectivity index (χ1) is 6.54. The molecule has 2 atom stereocenters. The van der Waals surface area contributed by atoms with Crippen LogP contribution in [-0.2, 0) is 0 Å². The van der Waals surface area contributed by atoms with Crippen molar-refractivity contribution in [2.45, 2.75) is 25.6 Å². The van der Waals surface area contributed by atoms with E-state index in [0.717, 1.165) is 0 Å². The summed E-state index contributed by atoms with van der Waals surface area (Å²) in [6.45, 7) is 1.91. The lowest BCUT2D eigenvalue weighted by atomic mass is 10.1. The predicted octanol–water partition coefficient (Wildman–Crippen LogP) is -0.325. The molecule has 1 aliphatic rings. The average Bonchev–Trinajstić information content (AvgIpc) is 2.13. The standard InChI is InChI=1S/C8H16N4O2/c1-5-4-6(11-7(13)9-2)12(3)8(14)10-5/h5-6H,4H2,1-3H3,(H,10,14)(H2,9,11,13)/t5?,6-/m0/s1. The van der Waals surface area contributed by atoms with Gasteiger partial charge in [-0.25, -0.2) is 9.59 Å². The van der Waals surface area contributed by atoms with Crippen molar-refractivity contribution in [2.75, 3.05) is 14.1 Å². The van der Waals surface area contributed by atoms with Crippen molar-refractivity contribution in [2.24, 2.45) is 0 Å². The maximum Gasteiger partial charge on any atom is 0.318 e. The maximum atomic E-state index is 11.3. The third kappa shape index (κ3) is 2.27. The molecule has 0 saturated carbocycles. The minimum Gasteiger partial charge on any atom is -0.341 e. The lowest BCUT2D eigenvalue weighted by molar-refractivity contribution is 0.145. The largest absolute Gasteiger partial charge is 0.341 e. The summed E-state index contributed by atoms with van der Waals surface area (Å²) in [7, 11) is 3.20. The SMILES string of the molecule is CNC(=O)N[C@@H]1CC(C)NC(=O)N1C. The highest BCUT2D eigenvalue weighted by atomic mass is 16.2. The molecule has 3 N–H and O–H groups in total.